The van der Waals surface area contributed by atoms with Crippen LogP contribution in [0.3, 0.4) is 0 Å². The first-order valence-electron chi connectivity index (χ1n) is 8.76. The molecule has 0 radical (unpaired) electrons. The largest absolute Gasteiger partial charge is 0.401 e. The molecule has 1 aromatic heterocycles. The Morgan fingerprint density at radius 1 is 1.31 bits per heavy atom. The fourth-order valence-corrected chi connectivity index (χ4v) is 3.47. The van der Waals surface area contributed by atoms with Crippen molar-refractivity contribution in [1.29, 1.82) is 0 Å². The zero-order valence-corrected chi connectivity index (χ0v) is 15.3. The molecule has 3 rings (SSSR count). The predicted molar refractivity (Wildman–Crippen MR) is 93.6 cm³/mol. The molecule has 0 spiro atoms. The molecule has 2 fully saturated rings. The Morgan fingerprint density at radius 3 is 2.65 bits per heavy atom. The first-order valence-corrected chi connectivity index (χ1v) is 8.76. The van der Waals surface area contributed by atoms with Gasteiger partial charge >= 0.3 is 6.18 Å². The van der Waals surface area contributed by atoms with Crippen LogP contribution < -0.4 is 10.6 Å². The van der Waals surface area contributed by atoms with Gasteiger partial charge in [-0.2, -0.15) is 18.3 Å². The van der Waals surface area contributed by atoms with E-state index in [-0.39, 0.29) is 30.4 Å². The zero-order valence-electron chi connectivity index (χ0n) is 14.5. The van der Waals surface area contributed by atoms with Crippen LogP contribution in [-0.2, 0) is 0 Å². The number of alkyl halides is 3. The molecule has 2 N–H and O–H groups in total. The van der Waals surface area contributed by atoms with Crippen molar-refractivity contribution in [2.45, 2.75) is 43.9 Å². The van der Waals surface area contributed by atoms with Gasteiger partial charge in [0.2, 0.25) is 0 Å². The smallest absolute Gasteiger partial charge is 0.348 e. The molecule has 2 aliphatic rings. The summed E-state index contributed by atoms with van der Waals surface area (Å²) in [7, 11) is 0. The van der Waals surface area contributed by atoms with Gasteiger partial charge in [-0.15, -0.1) is 12.4 Å². The molecule has 1 amide bonds. The van der Waals surface area contributed by atoms with Crippen LogP contribution in [0.4, 0.5) is 13.2 Å². The Kier molecular flexibility index (Phi) is 7.31. The normalized spacial score (nSPS) is 22.7. The average Bonchev–Trinajstić information content (AvgIpc) is 3.06. The van der Waals surface area contributed by atoms with Crippen molar-refractivity contribution < 1.29 is 18.0 Å². The lowest BCUT2D eigenvalue weighted by molar-refractivity contribution is -0.148. The molecule has 6 nitrogen and oxygen atoms in total. The molecule has 2 aliphatic heterocycles. The van der Waals surface area contributed by atoms with E-state index in [1.807, 2.05) is 10.9 Å². The standard InChI is InChI=1S/C16H24F3N5O.ClH/c17-16(18,19)11-23-7-3-12(4-8-23)21-15(25)14-5-9-24(22-14)13-2-1-6-20-10-13;/h5,9,12-13,20H,1-4,6-8,10-11H2,(H,21,25);1H. The lowest BCUT2D eigenvalue weighted by Gasteiger charge is -2.32. The molecule has 0 aromatic carbocycles. The lowest BCUT2D eigenvalue weighted by Crippen LogP contribution is -2.47. The van der Waals surface area contributed by atoms with E-state index in [1.54, 1.807) is 6.07 Å². The van der Waals surface area contributed by atoms with Crippen molar-refractivity contribution in [3.05, 3.63) is 18.0 Å². The van der Waals surface area contributed by atoms with Gasteiger partial charge in [-0.05, 0) is 38.3 Å². The number of aromatic nitrogens is 2. The zero-order chi connectivity index (χ0) is 17.9. The third-order valence-corrected chi connectivity index (χ3v) is 4.81. The van der Waals surface area contributed by atoms with Gasteiger partial charge in [0.15, 0.2) is 0 Å². The molecule has 2 saturated heterocycles. The van der Waals surface area contributed by atoms with Gasteiger partial charge in [-0.25, -0.2) is 0 Å². The van der Waals surface area contributed by atoms with Crippen LogP contribution in [0, 0.1) is 0 Å². The molecular formula is C16H25ClF3N5O. The van der Waals surface area contributed by atoms with Crippen molar-refractivity contribution in [3.8, 4) is 0 Å². The number of piperidine rings is 2. The summed E-state index contributed by atoms with van der Waals surface area (Å²) in [6.45, 7) is 1.66. The van der Waals surface area contributed by atoms with Crippen LogP contribution in [0.2, 0.25) is 0 Å². The number of nitrogens with one attached hydrogen (secondary N) is 2. The summed E-state index contributed by atoms with van der Waals surface area (Å²) in [6.07, 6.45) is 0.815. The molecule has 26 heavy (non-hydrogen) atoms. The minimum absolute atomic E-state index is 0. The number of halogens is 4. The number of rotatable bonds is 4. The highest BCUT2D eigenvalue weighted by Gasteiger charge is 2.33. The second-order valence-corrected chi connectivity index (χ2v) is 6.82. The fraction of sp³-hybridized carbons (Fsp3) is 0.750. The number of hydrogen-bond donors (Lipinski definition) is 2. The van der Waals surface area contributed by atoms with Crippen LogP contribution in [0.15, 0.2) is 12.3 Å². The van der Waals surface area contributed by atoms with Crippen LogP contribution in [0.5, 0.6) is 0 Å². The molecule has 0 aliphatic carbocycles. The van der Waals surface area contributed by atoms with E-state index in [2.05, 4.69) is 15.7 Å². The second kappa shape index (κ2) is 9.05. The minimum atomic E-state index is -4.17. The van der Waals surface area contributed by atoms with Crippen LogP contribution in [0.25, 0.3) is 0 Å². The Labute approximate surface area is 156 Å². The first-order chi connectivity index (χ1) is 11.9. The van der Waals surface area contributed by atoms with Crippen LogP contribution >= 0.6 is 12.4 Å². The summed E-state index contributed by atoms with van der Waals surface area (Å²) < 4.78 is 39.0. The molecule has 148 valence electrons. The summed E-state index contributed by atoms with van der Waals surface area (Å²) in [6, 6.07) is 1.86. The molecule has 1 atom stereocenters. The first kappa shape index (κ1) is 21.0. The van der Waals surface area contributed by atoms with E-state index < -0.39 is 12.7 Å². The Morgan fingerprint density at radius 2 is 2.04 bits per heavy atom. The topological polar surface area (TPSA) is 62.2 Å². The van der Waals surface area contributed by atoms with Gasteiger partial charge in [0.25, 0.3) is 5.91 Å². The maximum Gasteiger partial charge on any atom is 0.401 e. The maximum absolute atomic E-state index is 12.4. The van der Waals surface area contributed by atoms with Crippen molar-refractivity contribution in [1.82, 2.24) is 25.3 Å². The second-order valence-electron chi connectivity index (χ2n) is 6.82. The summed E-state index contributed by atoms with van der Waals surface area (Å²) in [5.74, 6) is -0.253. The van der Waals surface area contributed by atoms with Crippen molar-refractivity contribution in [2.75, 3.05) is 32.7 Å². The third-order valence-electron chi connectivity index (χ3n) is 4.81. The summed E-state index contributed by atoms with van der Waals surface area (Å²) in [4.78, 5) is 13.7. The van der Waals surface area contributed by atoms with Gasteiger partial charge < -0.3 is 10.6 Å². The molecule has 0 saturated carbocycles. The highest BCUT2D eigenvalue weighted by molar-refractivity contribution is 5.92. The quantitative estimate of drug-likeness (QED) is 0.818. The number of carbonyl (C=O) groups is 1. The minimum Gasteiger partial charge on any atom is -0.348 e. The molecule has 1 aromatic rings. The van der Waals surface area contributed by atoms with E-state index in [4.69, 9.17) is 0 Å². The monoisotopic (exact) mass is 395 g/mol. The predicted octanol–water partition coefficient (Wildman–Crippen LogP) is 1.99. The highest BCUT2D eigenvalue weighted by atomic mass is 35.5. The highest BCUT2D eigenvalue weighted by Crippen LogP contribution is 2.20. The van der Waals surface area contributed by atoms with E-state index in [1.165, 1.54) is 4.90 Å². The van der Waals surface area contributed by atoms with E-state index in [0.29, 0.717) is 31.6 Å². The van der Waals surface area contributed by atoms with Crippen molar-refractivity contribution in [2.24, 2.45) is 0 Å². The molecule has 1 unspecified atom stereocenters. The SMILES string of the molecule is Cl.O=C(NC1CCN(CC(F)(F)F)CC1)c1ccn(C2CCCNC2)n1. The number of carbonyl (C=O) groups excluding carboxylic acids is 1. The summed E-state index contributed by atoms with van der Waals surface area (Å²) in [5.41, 5.74) is 0.364. The molecular weight excluding hydrogens is 371 g/mol. The van der Waals surface area contributed by atoms with E-state index in [9.17, 15) is 18.0 Å². The summed E-state index contributed by atoms with van der Waals surface area (Å²) in [5, 5.41) is 10.6. The molecule has 3 heterocycles. The van der Waals surface area contributed by atoms with Gasteiger partial charge in [-0.1, -0.05) is 0 Å². The molecule has 0 bridgehead atoms. The lowest BCUT2D eigenvalue weighted by atomic mass is 10.0. The van der Waals surface area contributed by atoms with Gasteiger partial charge in [0.05, 0.1) is 12.6 Å². The summed E-state index contributed by atoms with van der Waals surface area (Å²) >= 11 is 0. The van der Waals surface area contributed by atoms with Gasteiger partial charge in [0.1, 0.15) is 5.69 Å². The number of amides is 1. The Bertz CT molecular complexity index is 581. The Balaban J connectivity index is 0.00000243. The maximum atomic E-state index is 12.4. The van der Waals surface area contributed by atoms with Gasteiger partial charge in [-0.3, -0.25) is 14.4 Å². The van der Waals surface area contributed by atoms with Crippen LogP contribution in [-0.4, -0.2) is 65.5 Å². The van der Waals surface area contributed by atoms with Crippen molar-refractivity contribution >= 4 is 18.3 Å². The van der Waals surface area contributed by atoms with Crippen molar-refractivity contribution in [3.63, 3.8) is 0 Å². The number of likely N-dealkylation sites (tertiary alicyclic amines) is 1. The third kappa shape index (κ3) is 5.85. The van der Waals surface area contributed by atoms with E-state index >= 15 is 0 Å². The molecule has 10 heteroatoms. The Hall–Kier alpha value is -1.32. The van der Waals surface area contributed by atoms with Gasteiger partial charge in [0, 0.05) is 31.9 Å². The average molecular weight is 396 g/mol. The number of hydrogen-bond acceptors (Lipinski definition) is 4. The van der Waals surface area contributed by atoms with Crippen LogP contribution in [0.1, 0.15) is 42.2 Å². The van der Waals surface area contributed by atoms with E-state index in [0.717, 1.165) is 25.9 Å². The fourth-order valence-electron chi connectivity index (χ4n) is 3.47. The number of nitrogens with zero attached hydrogens (tertiary/aromatic N) is 3.